The summed E-state index contributed by atoms with van der Waals surface area (Å²) in [6, 6.07) is 3.47. The van der Waals surface area contributed by atoms with E-state index in [-0.39, 0.29) is 16.5 Å². The molecule has 9 heteroatoms. The summed E-state index contributed by atoms with van der Waals surface area (Å²) in [4.78, 5) is 5.77. The molecule has 0 saturated carbocycles. The molecule has 0 fully saturated rings. The highest BCUT2D eigenvalue weighted by atomic mass is 79.9. The van der Waals surface area contributed by atoms with Gasteiger partial charge in [-0.3, -0.25) is 0 Å². The number of nitrogens with zero attached hydrogens (tertiary/aromatic N) is 4. The van der Waals surface area contributed by atoms with Crippen molar-refractivity contribution in [2.24, 2.45) is 0 Å². The van der Waals surface area contributed by atoms with Gasteiger partial charge in [0.05, 0.1) is 0 Å². The highest BCUT2D eigenvalue weighted by Gasteiger charge is 2.26. The largest absolute Gasteiger partial charge is 0.382 e. The molecule has 2 aromatic rings. The van der Waals surface area contributed by atoms with E-state index in [1.165, 1.54) is 4.68 Å². The number of nitrogens with two attached hydrogens (primary N) is 1. The molecule has 0 radical (unpaired) electrons. The Morgan fingerprint density at radius 1 is 1.35 bits per heavy atom. The number of rotatable bonds is 3. The van der Waals surface area contributed by atoms with Gasteiger partial charge in [0.25, 0.3) is 0 Å². The van der Waals surface area contributed by atoms with Crippen LogP contribution in [0.3, 0.4) is 0 Å². The molecule has 0 aliphatic heterocycles. The fraction of sp³-hybridized carbons (Fsp3) is 0.273. The molecule has 20 heavy (non-hydrogen) atoms. The first kappa shape index (κ1) is 14.8. The molecular formula is C11H14BrN5O2S. The Morgan fingerprint density at radius 3 is 2.40 bits per heavy atom. The van der Waals surface area contributed by atoms with E-state index in [1.54, 1.807) is 37.3 Å². The molecule has 0 unspecified atom stereocenters. The Balaban J connectivity index is 2.71. The second kappa shape index (κ2) is 5.06. The Kier molecular flexibility index (Phi) is 3.74. The normalized spacial score (nSPS) is 11.6. The quantitative estimate of drug-likeness (QED) is 0.880. The van der Waals surface area contributed by atoms with Crippen LogP contribution in [-0.4, -0.2) is 43.5 Å². The Hall–Kier alpha value is -1.61. The number of anilines is 2. The monoisotopic (exact) mass is 359 g/mol. The van der Waals surface area contributed by atoms with Crippen LogP contribution < -0.4 is 10.6 Å². The maximum atomic E-state index is 11.9. The van der Waals surface area contributed by atoms with Crippen LogP contribution in [0, 0.1) is 0 Å². The van der Waals surface area contributed by atoms with E-state index in [0.717, 1.165) is 10.7 Å². The van der Waals surface area contributed by atoms with Crippen LogP contribution in [0.15, 0.2) is 27.7 Å². The lowest BCUT2D eigenvalue weighted by Crippen LogP contribution is -2.13. The summed E-state index contributed by atoms with van der Waals surface area (Å²) in [7, 11) is -0.0832. The van der Waals surface area contributed by atoms with Crippen LogP contribution in [0.5, 0.6) is 0 Å². The smallest absolute Gasteiger partial charge is 0.182 e. The second-order valence-corrected chi connectivity index (χ2v) is 7.32. The van der Waals surface area contributed by atoms with Crippen molar-refractivity contribution in [2.75, 3.05) is 31.0 Å². The van der Waals surface area contributed by atoms with E-state index < -0.39 is 9.84 Å². The number of hydrogen-bond donors (Lipinski definition) is 1. The molecule has 7 nitrogen and oxygen atoms in total. The van der Waals surface area contributed by atoms with E-state index in [9.17, 15) is 8.42 Å². The maximum Gasteiger partial charge on any atom is 0.182 e. The lowest BCUT2D eigenvalue weighted by Gasteiger charge is -2.09. The van der Waals surface area contributed by atoms with Gasteiger partial charge in [-0.15, -0.1) is 5.10 Å². The van der Waals surface area contributed by atoms with Gasteiger partial charge in [-0.25, -0.2) is 13.4 Å². The average molecular weight is 360 g/mol. The van der Waals surface area contributed by atoms with Crippen LogP contribution >= 0.6 is 15.9 Å². The van der Waals surface area contributed by atoms with Crippen molar-refractivity contribution >= 4 is 37.4 Å². The number of sulfone groups is 1. The van der Waals surface area contributed by atoms with Crippen molar-refractivity contribution in [2.45, 2.75) is 4.90 Å². The second-order valence-electron chi connectivity index (χ2n) is 4.45. The van der Waals surface area contributed by atoms with Gasteiger partial charge in [0, 0.05) is 31.0 Å². The van der Waals surface area contributed by atoms with Crippen molar-refractivity contribution < 1.29 is 8.42 Å². The van der Waals surface area contributed by atoms with Crippen LogP contribution in [-0.2, 0) is 9.84 Å². The van der Waals surface area contributed by atoms with Gasteiger partial charge in [0.15, 0.2) is 26.4 Å². The standard InChI is InChI=1S/C11H14BrN5O2S/c1-16(2)11-9(20(3,18)19)10(13)17(15-11)8-5-4-7(12)6-14-8/h4-6H,13H2,1-3H3. The lowest BCUT2D eigenvalue weighted by atomic mass is 10.4. The van der Waals surface area contributed by atoms with Crippen molar-refractivity contribution in [3.8, 4) is 5.82 Å². The molecule has 0 atom stereocenters. The van der Waals surface area contributed by atoms with Crippen LogP contribution in [0.4, 0.5) is 11.6 Å². The fourth-order valence-corrected chi connectivity index (χ4v) is 2.98. The molecule has 2 N–H and O–H groups in total. The third-order valence-electron chi connectivity index (χ3n) is 2.58. The zero-order chi connectivity index (χ0) is 15.1. The third-order valence-corrected chi connectivity index (χ3v) is 4.18. The lowest BCUT2D eigenvalue weighted by molar-refractivity contribution is 0.602. The summed E-state index contributed by atoms with van der Waals surface area (Å²) >= 11 is 3.28. The topological polar surface area (TPSA) is 94.1 Å². The number of pyridine rings is 1. The third kappa shape index (κ3) is 2.63. The zero-order valence-corrected chi connectivity index (χ0v) is 13.6. The first-order valence-corrected chi connectivity index (χ1v) is 8.28. The van der Waals surface area contributed by atoms with E-state index >= 15 is 0 Å². The first-order valence-electron chi connectivity index (χ1n) is 5.59. The maximum absolute atomic E-state index is 11.9. The van der Waals surface area contributed by atoms with Gasteiger partial charge in [-0.05, 0) is 28.1 Å². The van der Waals surface area contributed by atoms with Crippen molar-refractivity contribution in [3.05, 3.63) is 22.8 Å². The predicted octanol–water partition coefficient (Wildman–Crippen LogP) is 1.08. The summed E-state index contributed by atoms with van der Waals surface area (Å²) in [5.41, 5.74) is 5.94. The van der Waals surface area contributed by atoms with E-state index in [0.29, 0.717) is 5.82 Å². The molecule has 0 aliphatic carbocycles. The molecule has 0 aromatic carbocycles. The highest BCUT2D eigenvalue weighted by molar-refractivity contribution is 9.10. The highest BCUT2D eigenvalue weighted by Crippen LogP contribution is 2.30. The van der Waals surface area contributed by atoms with Crippen LogP contribution in [0.1, 0.15) is 0 Å². The van der Waals surface area contributed by atoms with Crippen LogP contribution in [0.25, 0.3) is 5.82 Å². The molecule has 0 bridgehead atoms. The fourth-order valence-electron chi connectivity index (χ4n) is 1.72. The number of hydrogen-bond acceptors (Lipinski definition) is 6. The molecule has 2 heterocycles. The minimum atomic E-state index is -3.49. The molecular weight excluding hydrogens is 346 g/mol. The summed E-state index contributed by atoms with van der Waals surface area (Å²) in [5, 5.41) is 4.24. The van der Waals surface area contributed by atoms with Gasteiger partial charge in [-0.1, -0.05) is 0 Å². The Bertz CT molecular complexity index is 737. The number of nitrogen functional groups attached to an aromatic ring is 1. The number of aromatic nitrogens is 3. The van der Waals surface area contributed by atoms with Crippen molar-refractivity contribution in [1.82, 2.24) is 14.8 Å². The Labute approximate surface area is 125 Å². The van der Waals surface area contributed by atoms with Crippen molar-refractivity contribution in [1.29, 1.82) is 0 Å². The van der Waals surface area contributed by atoms with E-state index in [4.69, 9.17) is 5.73 Å². The molecule has 2 aromatic heterocycles. The molecule has 2 rings (SSSR count). The average Bonchev–Trinajstić information content (AvgIpc) is 2.68. The minimum absolute atomic E-state index is 0.00668. The predicted molar refractivity (Wildman–Crippen MR) is 80.9 cm³/mol. The van der Waals surface area contributed by atoms with Gasteiger partial charge < -0.3 is 10.6 Å². The molecule has 108 valence electrons. The summed E-state index contributed by atoms with van der Waals surface area (Å²) in [5.74, 6) is 0.782. The SMILES string of the molecule is CN(C)c1nn(-c2ccc(Br)cn2)c(N)c1S(C)(=O)=O. The first-order chi connectivity index (χ1) is 9.21. The number of halogens is 1. The summed E-state index contributed by atoms with van der Waals surface area (Å²) in [6.45, 7) is 0. The van der Waals surface area contributed by atoms with Gasteiger partial charge in [-0.2, -0.15) is 4.68 Å². The molecule has 0 aliphatic rings. The van der Waals surface area contributed by atoms with Gasteiger partial charge in [0.1, 0.15) is 5.82 Å². The van der Waals surface area contributed by atoms with Crippen molar-refractivity contribution in [3.63, 3.8) is 0 Å². The molecule has 0 saturated heterocycles. The zero-order valence-electron chi connectivity index (χ0n) is 11.2. The van der Waals surface area contributed by atoms with E-state index in [1.807, 2.05) is 0 Å². The molecule has 0 spiro atoms. The Morgan fingerprint density at radius 2 is 2.00 bits per heavy atom. The summed E-state index contributed by atoms with van der Waals surface area (Å²) < 4.78 is 25.9. The van der Waals surface area contributed by atoms with Gasteiger partial charge in [0.2, 0.25) is 0 Å². The van der Waals surface area contributed by atoms with Gasteiger partial charge >= 0.3 is 0 Å². The molecule has 0 amide bonds. The van der Waals surface area contributed by atoms with Crippen LogP contribution in [0.2, 0.25) is 0 Å². The van der Waals surface area contributed by atoms with E-state index in [2.05, 4.69) is 26.0 Å². The summed E-state index contributed by atoms with van der Waals surface area (Å²) in [6.07, 6.45) is 2.69. The minimum Gasteiger partial charge on any atom is -0.382 e.